The Bertz CT molecular complexity index is 168. The third kappa shape index (κ3) is 3.02. The number of hydrogen-bond acceptors (Lipinski definition) is 8. The van der Waals surface area contributed by atoms with Gasteiger partial charge >= 0.3 is 0 Å². The molecule has 0 fully saturated rings. The van der Waals surface area contributed by atoms with E-state index in [1.807, 2.05) is 0 Å². The van der Waals surface area contributed by atoms with Gasteiger partial charge < -0.3 is 0 Å². The molecule has 66 valence electrons. The molecule has 2 rings (SSSR count). The maximum Gasteiger partial charge on any atom is 0.0328 e. The highest BCUT2D eigenvalue weighted by Crippen LogP contribution is 2.50. The van der Waals surface area contributed by atoms with E-state index in [0.29, 0.717) is 0 Å². The molecule has 0 radical (unpaired) electrons. The summed E-state index contributed by atoms with van der Waals surface area (Å²) < 4.78 is 4.31. The molecule has 2 aliphatic rings. The van der Waals surface area contributed by atoms with Crippen LogP contribution in [0.15, 0.2) is 21.6 Å². The highest BCUT2D eigenvalue weighted by atomic mass is 33.1. The fraction of sp³-hybridized carbons (Fsp3) is 0. The summed E-state index contributed by atoms with van der Waals surface area (Å²) in [7, 11) is 3.48. The lowest BCUT2D eigenvalue weighted by molar-refractivity contribution is 1.31. The van der Waals surface area contributed by atoms with Gasteiger partial charge in [-0.1, -0.05) is 0 Å². The van der Waals surface area contributed by atoms with Crippen LogP contribution in [0.4, 0.5) is 0 Å². The fourth-order valence-corrected chi connectivity index (χ4v) is 6.50. The van der Waals surface area contributed by atoms with Crippen LogP contribution in [-0.4, -0.2) is 6.23 Å². The first-order chi connectivity index (χ1) is 5.95. The monoisotopic (exact) mass is 272 g/mol. The molecule has 0 amide bonds. The van der Waals surface area contributed by atoms with Crippen LogP contribution in [0, 0.1) is 0 Å². The van der Waals surface area contributed by atoms with Crippen LogP contribution in [0.1, 0.15) is 0 Å². The largest absolute Gasteiger partial charge is 0.117 e. The average Bonchev–Trinajstić information content (AvgIpc) is 2.74. The van der Waals surface area contributed by atoms with Crippen molar-refractivity contribution in [2.75, 3.05) is 0 Å². The molecule has 0 atom stereocenters. The van der Waals surface area contributed by atoms with Crippen molar-refractivity contribution in [3.05, 3.63) is 21.6 Å². The molecule has 12 heavy (non-hydrogen) atoms. The van der Waals surface area contributed by atoms with Crippen molar-refractivity contribution < 1.29 is 0 Å². The van der Waals surface area contributed by atoms with Gasteiger partial charge in [-0.25, -0.2) is 0 Å². The summed E-state index contributed by atoms with van der Waals surface area (Å²) in [4.78, 5) is 0. The maximum absolute atomic E-state index is 2.16. The third-order valence-corrected chi connectivity index (χ3v) is 8.42. The van der Waals surface area contributed by atoms with E-state index in [9.17, 15) is 0 Å². The Kier molecular flexibility index (Phi) is 4.51. The molecule has 0 saturated heterocycles. The minimum atomic E-state index is 1.72. The van der Waals surface area contributed by atoms with Crippen LogP contribution in [0.25, 0.3) is 0 Å². The molecule has 0 spiro atoms. The lowest BCUT2D eigenvalue weighted by atomic mass is 11.3. The molecule has 8 heteroatoms. The summed E-state index contributed by atoms with van der Waals surface area (Å²) in [6.07, 6.45) is 0. The van der Waals surface area contributed by atoms with Gasteiger partial charge in [0.15, 0.2) is 0 Å². The molecule has 0 aromatic rings. The zero-order valence-corrected chi connectivity index (χ0v) is 10.6. The fourth-order valence-electron chi connectivity index (χ4n) is 0.473. The van der Waals surface area contributed by atoms with Crippen LogP contribution in [0.5, 0.6) is 0 Å². The van der Waals surface area contributed by atoms with Crippen molar-refractivity contribution >= 4 is 69.8 Å². The van der Waals surface area contributed by atoms with E-state index in [0.717, 1.165) is 0 Å². The van der Waals surface area contributed by atoms with E-state index in [-0.39, 0.29) is 0 Å². The smallest absolute Gasteiger partial charge is 0.0328 e. The SMILES string of the molecule is C1=CSN(SSN2SC=CS2)S1. The highest BCUT2D eigenvalue weighted by molar-refractivity contribution is 8.80. The van der Waals surface area contributed by atoms with Gasteiger partial charge in [0.05, 0.1) is 0 Å². The van der Waals surface area contributed by atoms with E-state index in [4.69, 9.17) is 0 Å². The van der Waals surface area contributed by atoms with Crippen molar-refractivity contribution in [1.29, 1.82) is 0 Å². The Morgan fingerprint density at radius 2 is 1.00 bits per heavy atom. The lowest BCUT2D eigenvalue weighted by Gasteiger charge is -2.12. The summed E-state index contributed by atoms with van der Waals surface area (Å²) in [5, 5.41) is 8.34. The predicted molar refractivity (Wildman–Crippen MR) is 67.5 cm³/mol. The van der Waals surface area contributed by atoms with Crippen molar-refractivity contribution in [1.82, 2.24) is 6.23 Å². The summed E-state index contributed by atoms with van der Waals surface area (Å²) in [6, 6.07) is 0. The average molecular weight is 272 g/mol. The molecular weight excluding hydrogens is 268 g/mol. The first-order valence-electron chi connectivity index (χ1n) is 2.87. The molecule has 2 nitrogen and oxygen atoms in total. The van der Waals surface area contributed by atoms with Gasteiger partial charge in [-0.15, -0.1) is 6.23 Å². The van der Waals surface area contributed by atoms with Gasteiger partial charge in [0.1, 0.15) is 0 Å². The topological polar surface area (TPSA) is 6.48 Å². The Morgan fingerprint density at radius 3 is 1.33 bits per heavy atom. The van der Waals surface area contributed by atoms with Crippen LogP contribution in [-0.2, 0) is 0 Å². The summed E-state index contributed by atoms with van der Waals surface area (Å²) in [5.74, 6) is 0. The van der Waals surface area contributed by atoms with Gasteiger partial charge in [0.2, 0.25) is 0 Å². The molecule has 0 N–H and O–H groups in total. The van der Waals surface area contributed by atoms with Crippen molar-refractivity contribution in [2.24, 2.45) is 0 Å². The van der Waals surface area contributed by atoms with E-state index in [1.165, 1.54) is 0 Å². The first kappa shape index (κ1) is 10.0. The lowest BCUT2D eigenvalue weighted by Crippen LogP contribution is -1.89. The first-order valence-corrected chi connectivity index (χ1v) is 8.28. The van der Waals surface area contributed by atoms with Gasteiger partial charge in [-0.2, -0.15) is 0 Å². The van der Waals surface area contributed by atoms with E-state index in [2.05, 4.69) is 27.9 Å². The molecule has 0 aliphatic carbocycles. The zero-order valence-electron chi connectivity index (χ0n) is 5.65. The molecule has 0 aromatic carbocycles. The summed E-state index contributed by atoms with van der Waals surface area (Å²) >= 11 is 6.87. The molecule has 0 saturated carbocycles. The van der Waals surface area contributed by atoms with Crippen LogP contribution < -0.4 is 0 Å². The van der Waals surface area contributed by atoms with E-state index < -0.39 is 0 Å². The Hall–Kier alpha value is 1.50. The van der Waals surface area contributed by atoms with Crippen LogP contribution in [0.2, 0.25) is 0 Å². The van der Waals surface area contributed by atoms with E-state index >= 15 is 0 Å². The third-order valence-electron chi connectivity index (χ3n) is 0.854. The summed E-state index contributed by atoms with van der Waals surface area (Å²) in [6.45, 7) is 0. The van der Waals surface area contributed by atoms with Gasteiger partial charge in [0, 0.05) is 22.0 Å². The van der Waals surface area contributed by atoms with Gasteiger partial charge in [-0.05, 0) is 69.4 Å². The van der Waals surface area contributed by atoms with E-state index in [1.54, 1.807) is 69.8 Å². The minimum absolute atomic E-state index is 1.72. The van der Waals surface area contributed by atoms with Crippen molar-refractivity contribution in [3.8, 4) is 0 Å². The van der Waals surface area contributed by atoms with Crippen molar-refractivity contribution in [2.45, 2.75) is 0 Å². The van der Waals surface area contributed by atoms with Crippen LogP contribution in [0.3, 0.4) is 0 Å². The molecular formula is C4H4N2S6. The number of nitrogens with zero attached hydrogens (tertiary/aromatic N) is 2. The highest BCUT2D eigenvalue weighted by Gasteiger charge is 2.15. The number of hydrogen-bond donors (Lipinski definition) is 0. The Balaban J connectivity index is 1.62. The second-order valence-corrected chi connectivity index (χ2v) is 8.26. The molecule has 2 aliphatic heterocycles. The zero-order chi connectivity index (χ0) is 8.23. The Morgan fingerprint density at radius 1 is 0.667 bits per heavy atom. The quantitative estimate of drug-likeness (QED) is 0.545. The minimum Gasteiger partial charge on any atom is -0.117 e. The Labute approximate surface area is 96.9 Å². The van der Waals surface area contributed by atoms with Gasteiger partial charge in [0.25, 0.3) is 0 Å². The number of rotatable bonds is 3. The molecule has 0 aromatic heterocycles. The van der Waals surface area contributed by atoms with Crippen LogP contribution >= 0.6 is 69.8 Å². The predicted octanol–water partition coefficient (Wildman–Crippen LogP) is 4.36. The standard InChI is InChI=1S/C4H4N2S6/c1-2-8-5(7-1)11-12-6-9-3-4-10-6/h1-4H. The summed E-state index contributed by atoms with van der Waals surface area (Å²) in [5.41, 5.74) is 0. The molecule has 2 heterocycles. The molecule has 0 bridgehead atoms. The maximum atomic E-state index is 2.16. The molecule has 0 unspecified atom stereocenters. The van der Waals surface area contributed by atoms with Crippen molar-refractivity contribution in [3.63, 3.8) is 0 Å². The van der Waals surface area contributed by atoms with Gasteiger partial charge in [-0.3, -0.25) is 0 Å². The normalized spacial score (nSPS) is 24.3. The second kappa shape index (κ2) is 5.40. The second-order valence-electron chi connectivity index (χ2n) is 1.56.